The minimum absolute atomic E-state index is 0.0753. The Morgan fingerprint density at radius 2 is 2.03 bits per heavy atom. The number of hydrazone groups is 1. The lowest BCUT2D eigenvalue weighted by molar-refractivity contribution is 0.0748. The van der Waals surface area contributed by atoms with Gasteiger partial charge in [-0.25, -0.2) is 0 Å². The average Bonchev–Trinajstić information content (AvgIpc) is 3.06. The largest absolute Gasteiger partial charge is 0.352 e. The fourth-order valence-corrected chi connectivity index (χ4v) is 4.22. The summed E-state index contributed by atoms with van der Waals surface area (Å²) in [6, 6.07) is 10.8. The Morgan fingerprint density at radius 3 is 2.85 bits per heavy atom. The SMILES string of the molecule is Cc1ccc(N/N=C\C=N)c(C(=O)N2CCCN(C3NC(=O)c4cc(Cl)ccc4N3)CC2)c1. The van der Waals surface area contributed by atoms with Gasteiger partial charge < -0.3 is 20.9 Å². The van der Waals surface area contributed by atoms with Gasteiger partial charge in [-0.05, 0) is 43.7 Å². The molecular weight excluding hydrogens is 442 g/mol. The van der Waals surface area contributed by atoms with Crippen LogP contribution in [0.3, 0.4) is 0 Å². The van der Waals surface area contributed by atoms with Crippen molar-refractivity contribution in [1.29, 1.82) is 5.41 Å². The Hall–Kier alpha value is -3.43. The normalized spacial score (nSPS) is 18.8. The smallest absolute Gasteiger partial charge is 0.256 e. The molecule has 2 aromatic rings. The predicted octanol–water partition coefficient (Wildman–Crippen LogP) is 2.98. The molecule has 10 heteroatoms. The molecule has 4 rings (SSSR count). The number of halogens is 1. The van der Waals surface area contributed by atoms with Crippen molar-refractivity contribution in [3.8, 4) is 0 Å². The third-order valence-electron chi connectivity index (χ3n) is 5.71. The highest BCUT2D eigenvalue weighted by molar-refractivity contribution is 6.31. The molecule has 1 fully saturated rings. The molecule has 1 saturated heterocycles. The summed E-state index contributed by atoms with van der Waals surface area (Å²) >= 11 is 6.02. The Morgan fingerprint density at radius 1 is 1.18 bits per heavy atom. The lowest BCUT2D eigenvalue weighted by atomic mass is 10.1. The number of fused-ring (bicyclic) bond motifs is 1. The third-order valence-corrected chi connectivity index (χ3v) is 5.94. The van der Waals surface area contributed by atoms with E-state index >= 15 is 0 Å². The zero-order chi connectivity index (χ0) is 23.4. The number of carbonyl (C=O) groups excluding carboxylic acids is 2. The molecule has 0 spiro atoms. The number of aryl methyl sites for hydroxylation is 1. The summed E-state index contributed by atoms with van der Waals surface area (Å²) in [5.41, 5.74) is 6.23. The number of amides is 2. The van der Waals surface area contributed by atoms with Crippen molar-refractivity contribution in [1.82, 2.24) is 15.1 Å². The summed E-state index contributed by atoms with van der Waals surface area (Å²) in [6.45, 7) is 4.41. The first-order valence-electron chi connectivity index (χ1n) is 10.8. The van der Waals surface area contributed by atoms with E-state index in [2.05, 4.69) is 26.1 Å². The Labute approximate surface area is 197 Å². The van der Waals surface area contributed by atoms with E-state index < -0.39 is 0 Å². The van der Waals surface area contributed by atoms with Crippen LogP contribution in [0.15, 0.2) is 41.5 Å². The van der Waals surface area contributed by atoms with E-state index in [0.717, 1.165) is 30.4 Å². The van der Waals surface area contributed by atoms with Gasteiger partial charge in [0.25, 0.3) is 11.8 Å². The van der Waals surface area contributed by atoms with E-state index in [4.69, 9.17) is 17.0 Å². The zero-order valence-electron chi connectivity index (χ0n) is 18.3. The lowest BCUT2D eigenvalue weighted by Gasteiger charge is -2.36. The summed E-state index contributed by atoms with van der Waals surface area (Å²) in [6.07, 6.45) is 2.80. The van der Waals surface area contributed by atoms with Crippen LogP contribution in [0.5, 0.6) is 0 Å². The second-order valence-corrected chi connectivity index (χ2v) is 8.43. The third kappa shape index (κ3) is 5.15. The highest BCUT2D eigenvalue weighted by atomic mass is 35.5. The number of nitrogens with zero attached hydrogens (tertiary/aromatic N) is 3. The van der Waals surface area contributed by atoms with Crippen molar-refractivity contribution in [3.63, 3.8) is 0 Å². The molecule has 33 heavy (non-hydrogen) atoms. The molecule has 1 atom stereocenters. The summed E-state index contributed by atoms with van der Waals surface area (Å²) in [5, 5.41) is 17.9. The molecule has 0 radical (unpaired) electrons. The van der Waals surface area contributed by atoms with Gasteiger partial charge in [0.15, 0.2) is 6.29 Å². The van der Waals surface area contributed by atoms with Gasteiger partial charge >= 0.3 is 0 Å². The molecule has 0 aromatic heterocycles. The lowest BCUT2D eigenvalue weighted by Crippen LogP contribution is -2.56. The zero-order valence-corrected chi connectivity index (χ0v) is 19.0. The van der Waals surface area contributed by atoms with Crippen molar-refractivity contribution in [3.05, 3.63) is 58.1 Å². The monoisotopic (exact) mass is 467 g/mol. The van der Waals surface area contributed by atoms with Gasteiger partial charge in [0.05, 0.1) is 23.0 Å². The van der Waals surface area contributed by atoms with Crippen LogP contribution in [0.4, 0.5) is 11.4 Å². The molecule has 9 nitrogen and oxygen atoms in total. The van der Waals surface area contributed by atoms with Crippen LogP contribution in [-0.2, 0) is 0 Å². The molecule has 2 aliphatic heterocycles. The van der Waals surface area contributed by atoms with Gasteiger partial charge in [-0.3, -0.25) is 19.9 Å². The maximum absolute atomic E-state index is 13.4. The summed E-state index contributed by atoms with van der Waals surface area (Å²) in [7, 11) is 0. The number of anilines is 2. The minimum atomic E-state index is -0.354. The van der Waals surface area contributed by atoms with Gasteiger partial charge in [-0.2, -0.15) is 5.10 Å². The van der Waals surface area contributed by atoms with Crippen LogP contribution >= 0.6 is 11.6 Å². The molecule has 1 unspecified atom stereocenters. The van der Waals surface area contributed by atoms with Crippen molar-refractivity contribution < 1.29 is 9.59 Å². The number of carbonyl (C=O) groups is 2. The van der Waals surface area contributed by atoms with Gasteiger partial charge in [0, 0.05) is 43.1 Å². The molecular formula is C23H26ClN7O2. The fourth-order valence-electron chi connectivity index (χ4n) is 4.04. The summed E-state index contributed by atoms with van der Waals surface area (Å²) in [4.78, 5) is 29.9. The topological polar surface area (TPSA) is 113 Å². The molecule has 0 saturated carbocycles. The van der Waals surface area contributed by atoms with Crippen LogP contribution < -0.4 is 16.1 Å². The minimum Gasteiger partial charge on any atom is -0.352 e. The van der Waals surface area contributed by atoms with E-state index in [1.54, 1.807) is 12.1 Å². The van der Waals surface area contributed by atoms with Crippen LogP contribution in [0.1, 0.15) is 32.7 Å². The number of hydrogen-bond acceptors (Lipinski definition) is 7. The Bertz CT molecular complexity index is 1100. The van der Waals surface area contributed by atoms with Gasteiger partial charge in [-0.1, -0.05) is 23.2 Å². The number of nitrogens with one attached hydrogen (secondary N) is 4. The molecule has 2 heterocycles. The molecule has 0 bridgehead atoms. The van der Waals surface area contributed by atoms with E-state index in [1.807, 2.05) is 36.1 Å². The van der Waals surface area contributed by atoms with E-state index in [1.165, 1.54) is 6.21 Å². The second-order valence-electron chi connectivity index (χ2n) is 8.00. The molecule has 2 aromatic carbocycles. The first-order valence-corrected chi connectivity index (χ1v) is 11.1. The molecule has 4 N–H and O–H groups in total. The molecule has 2 aliphatic rings. The summed E-state index contributed by atoms with van der Waals surface area (Å²) in [5.74, 6) is -0.247. The molecule has 0 aliphatic carbocycles. The number of rotatable bonds is 5. The van der Waals surface area contributed by atoms with Gasteiger partial charge in [0.1, 0.15) is 0 Å². The predicted molar refractivity (Wildman–Crippen MR) is 130 cm³/mol. The first-order chi connectivity index (χ1) is 16.0. The average molecular weight is 468 g/mol. The fraction of sp³-hybridized carbons (Fsp3) is 0.304. The van der Waals surface area contributed by atoms with Crippen LogP contribution in [-0.4, -0.2) is 66.5 Å². The number of benzene rings is 2. The van der Waals surface area contributed by atoms with Crippen molar-refractivity contribution >= 4 is 47.2 Å². The Balaban J connectivity index is 1.46. The first kappa shape index (κ1) is 22.8. The van der Waals surface area contributed by atoms with Crippen molar-refractivity contribution in [2.24, 2.45) is 5.10 Å². The van der Waals surface area contributed by atoms with Crippen LogP contribution in [0.25, 0.3) is 0 Å². The van der Waals surface area contributed by atoms with Crippen LogP contribution in [0, 0.1) is 12.3 Å². The quantitative estimate of drug-likeness (QED) is 0.399. The van der Waals surface area contributed by atoms with Crippen molar-refractivity contribution in [2.75, 3.05) is 36.9 Å². The molecule has 172 valence electrons. The maximum atomic E-state index is 13.4. The van der Waals surface area contributed by atoms with E-state index in [-0.39, 0.29) is 18.1 Å². The highest BCUT2D eigenvalue weighted by Crippen LogP contribution is 2.26. The summed E-state index contributed by atoms with van der Waals surface area (Å²) < 4.78 is 0. The Kier molecular flexibility index (Phi) is 6.90. The highest BCUT2D eigenvalue weighted by Gasteiger charge is 2.30. The van der Waals surface area contributed by atoms with Crippen molar-refractivity contribution in [2.45, 2.75) is 19.6 Å². The standard InChI is InChI=1S/C23H26ClN7O2/c1-15-3-5-20(29-26-8-7-25)18(13-15)22(33)30-9-2-10-31(12-11-30)23-27-19-6-4-16(24)14-17(19)21(32)28-23/h3-8,13-14,23,25,27,29H,2,9-12H2,1H3,(H,28,32)/b25-7?,26-8-. The second kappa shape index (κ2) is 10.0. The number of hydrogen-bond donors (Lipinski definition) is 4. The van der Waals surface area contributed by atoms with E-state index in [9.17, 15) is 9.59 Å². The van der Waals surface area contributed by atoms with Gasteiger partial charge in [0.2, 0.25) is 0 Å². The van der Waals surface area contributed by atoms with Crippen LogP contribution in [0.2, 0.25) is 5.02 Å². The van der Waals surface area contributed by atoms with E-state index in [0.29, 0.717) is 41.5 Å². The molecule has 2 amide bonds. The maximum Gasteiger partial charge on any atom is 0.256 e. The van der Waals surface area contributed by atoms with Gasteiger partial charge in [-0.15, -0.1) is 0 Å².